The summed E-state index contributed by atoms with van der Waals surface area (Å²) in [6.07, 6.45) is 0. The van der Waals surface area contributed by atoms with Crippen LogP contribution in [0.5, 0.6) is 0 Å². The zero-order chi connectivity index (χ0) is 15.3. The largest absolute Gasteiger partial charge is 0.289 e. The molecule has 0 saturated carbocycles. The van der Waals surface area contributed by atoms with Gasteiger partial charge in [0.05, 0.1) is 27.9 Å². The van der Waals surface area contributed by atoms with Crippen molar-refractivity contribution in [2.75, 3.05) is 0 Å². The van der Waals surface area contributed by atoms with Crippen LogP contribution in [0.15, 0.2) is 48.5 Å². The van der Waals surface area contributed by atoms with Gasteiger partial charge in [0, 0.05) is 5.56 Å². The highest BCUT2D eigenvalue weighted by molar-refractivity contribution is 5.84. The molecule has 2 heterocycles. The van der Waals surface area contributed by atoms with E-state index in [2.05, 4.69) is 67.6 Å². The predicted octanol–water partition coefficient (Wildman–Crippen LogP) is 4.47. The van der Waals surface area contributed by atoms with Crippen molar-refractivity contribution in [3.63, 3.8) is 0 Å². The van der Waals surface area contributed by atoms with Crippen molar-refractivity contribution >= 4 is 16.6 Å². The first-order valence-electron chi connectivity index (χ1n) is 7.47. The topological polar surface area (TPSA) is 30.2 Å². The summed E-state index contributed by atoms with van der Waals surface area (Å²) in [6.45, 7) is 6.24. The first-order valence-corrected chi connectivity index (χ1v) is 7.47. The van der Waals surface area contributed by atoms with E-state index in [1.165, 1.54) is 11.1 Å². The summed E-state index contributed by atoms with van der Waals surface area (Å²) >= 11 is 0. The summed E-state index contributed by atoms with van der Waals surface area (Å²) in [5.74, 6) is 0.993. The normalized spacial score (nSPS) is 11.4. The summed E-state index contributed by atoms with van der Waals surface area (Å²) in [6, 6.07) is 16.6. The summed E-state index contributed by atoms with van der Waals surface area (Å²) in [5.41, 5.74) is 7.64. The van der Waals surface area contributed by atoms with Crippen LogP contribution in [0, 0.1) is 20.8 Å². The van der Waals surface area contributed by atoms with Gasteiger partial charge in [0.25, 0.3) is 0 Å². The van der Waals surface area contributed by atoms with Crippen molar-refractivity contribution in [1.82, 2.24) is 14.4 Å². The van der Waals surface area contributed by atoms with E-state index < -0.39 is 0 Å². The third-order valence-corrected chi connectivity index (χ3v) is 4.19. The van der Waals surface area contributed by atoms with Crippen LogP contribution in [0.4, 0.5) is 0 Å². The maximum Gasteiger partial charge on any atom is 0.145 e. The number of rotatable bonds is 1. The van der Waals surface area contributed by atoms with Crippen molar-refractivity contribution in [2.24, 2.45) is 0 Å². The minimum absolute atomic E-state index is 0.993. The highest BCUT2D eigenvalue weighted by atomic mass is 15.1. The molecule has 0 amide bonds. The van der Waals surface area contributed by atoms with Gasteiger partial charge in [-0.3, -0.25) is 4.40 Å². The molecule has 0 saturated heterocycles. The van der Waals surface area contributed by atoms with Gasteiger partial charge in [0.2, 0.25) is 0 Å². The molecule has 0 aliphatic carbocycles. The Morgan fingerprint density at radius 2 is 1.45 bits per heavy atom. The lowest BCUT2D eigenvalue weighted by molar-refractivity contribution is 1.15. The van der Waals surface area contributed by atoms with Crippen LogP contribution in [0.1, 0.15) is 17.0 Å². The molecule has 0 unspecified atom stereocenters. The van der Waals surface area contributed by atoms with Crippen LogP contribution in [-0.4, -0.2) is 14.4 Å². The molecular formula is C19H17N3. The predicted molar refractivity (Wildman–Crippen MR) is 90.1 cm³/mol. The summed E-state index contributed by atoms with van der Waals surface area (Å²) in [5, 5.41) is 0. The van der Waals surface area contributed by atoms with E-state index in [4.69, 9.17) is 9.97 Å². The zero-order valence-corrected chi connectivity index (χ0v) is 13.0. The maximum absolute atomic E-state index is 4.85. The number of aromatic nitrogens is 3. The molecule has 0 N–H and O–H groups in total. The highest BCUT2D eigenvalue weighted by Gasteiger charge is 2.16. The number of aryl methyl sites for hydroxylation is 3. The third kappa shape index (κ3) is 1.75. The first-order chi connectivity index (χ1) is 10.7. The molecule has 4 rings (SSSR count). The molecule has 0 aliphatic heterocycles. The molecule has 3 nitrogen and oxygen atoms in total. The van der Waals surface area contributed by atoms with Gasteiger partial charge in [-0.25, -0.2) is 9.97 Å². The lowest BCUT2D eigenvalue weighted by Crippen LogP contribution is -1.97. The van der Waals surface area contributed by atoms with E-state index in [0.29, 0.717) is 0 Å². The average Bonchev–Trinajstić information content (AvgIpc) is 2.86. The molecule has 0 aliphatic rings. The number of imidazole rings is 1. The number of fused-ring (bicyclic) bond motifs is 3. The van der Waals surface area contributed by atoms with Crippen molar-refractivity contribution < 1.29 is 0 Å². The molecule has 0 fully saturated rings. The smallest absolute Gasteiger partial charge is 0.145 e. The Labute approximate surface area is 129 Å². The average molecular weight is 287 g/mol. The van der Waals surface area contributed by atoms with Crippen LogP contribution in [-0.2, 0) is 0 Å². The van der Waals surface area contributed by atoms with E-state index >= 15 is 0 Å². The van der Waals surface area contributed by atoms with Crippen LogP contribution >= 0.6 is 0 Å². The second-order valence-corrected chi connectivity index (χ2v) is 5.71. The van der Waals surface area contributed by atoms with Crippen molar-refractivity contribution in [2.45, 2.75) is 20.8 Å². The molecule has 4 aromatic rings. The minimum Gasteiger partial charge on any atom is -0.289 e. The number of para-hydroxylation sites is 2. The molecule has 0 radical (unpaired) electrons. The molecule has 0 bridgehead atoms. The van der Waals surface area contributed by atoms with Crippen LogP contribution in [0.25, 0.3) is 27.9 Å². The first kappa shape index (κ1) is 13.0. The molecule has 0 atom stereocenters. The zero-order valence-electron chi connectivity index (χ0n) is 13.0. The molecule has 3 heteroatoms. The molecule has 22 heavy (non-hydrogen) atoms. The van der Waals surface area contributed by atoms with Gasteiger partial charge in [0.1, 0.15) is 5.82 Å². The lowest BCUT2D eigenvalue weighted by atomic mass is 10.1. The summed E-state index contributed by atoms with van der Waals surface area (Å²) in [4.78, 5) is 9.59. The van der Waals surface area contributed by atoms with Gasteiger partial charge in [-0.2, -0.15) is 0 Å². The van der Waals surface area contributed by atoms with E-state index in [-0.39, 0.29) is 0 Å². The second kappa shape index (κ2) is 4.67. The number of hydrogen-bond acceptors (Lipinski definition) is 2. The molecule has 2 aromatic heterocycles. The molecular weight excluding hydrogens is 270 g/mol. The number of hydrogen-bond donors (Lipinski definition) is 0. The van der Waals surface area contributed by atoms with E-state index in [1.807, 2.05) is 6.07 Å². The van der Waals surface area contributed by atoms with Crippen molar-refractivity contribution in [3.05, 3.63) is 65.5 Å². The summed E-state index contributed by atoms with van der Waals surface area (Å²) < 4.78 is 2.25. The van der Waals surface area contributed by atoms with Crippen LogP contribution in [0.3, 0.4) is 0 Å². The Bertz CT molecular complexity index is 1010. The fourth-order valence-electron chi connectivity index (χ4n) is 3.17. The van der Waals surface area contributed by atoms with Crippen LogP contribution in [0.2, 0.25) is 0 Å². The molecule has 2 aromatic carbocycles. The van der Waals surface area contributed by atoms with Crippen LogP contribution < -0.4 is 0 Å². The van der Waals surface area contributed by atoms with Gasteiger partial charge >= 0.3 is 0 Å². The fraction of sp³-hybridized carbons (Fsp3) is 0.158. The van der Waals surface area contributed by atoms with E-state index in [1.54, 1.807) is 0 Å². The minimum atomic E-state index is 0.993. The van der Waals surface area contributed by atoms with Gasteiger partial charge in [-0.15, -0.1) is 0 Å². The standard InChI is InChI=1S/C19H17N3/c1-12-8-4-5-9-15(12)19-21-14(3)18-13(2)20-16-10-6-7-11-17(16)22(18)19/h4-11H,1-3H3. The Hall–Kier alpha value is -2.68. The summed E-state index contributed by atoms with van der Waals surface area (Å²) in [7, 11) is 0. The van der Waals surface area contributed by atoms with Gasteiger partial charge in [-0.1, -0.05) is 36.4 Å². The van der Waals surface area contributed by atoms with Gasteiger partial charge < -0.3 is 0 Å². The quantitative estimate of drug-likeness (QED) is 0.517. The molecule has 108 valence electrons. The Balaban J connectivity index is 2.23. The Kier molecular flexibility index (Phi) is 2.76. The van der Waals surface area contributed by atoms with Crippen molar-refractivity contribution in [3.8, 4) is 11.4 Å². The number of nitrogens with zero attached hydrogens (tertiary/aromatic N) is 3. The fourth-order valence-corrected chi connectivity index (χ4v) is 3.17. The van der Waals surface area contributed by atoms with Gasteiger partial charge in [-0.05, 0) is 38.5 Å². The Morgan fingerprint density at radius 3 is 2.27 bits per heavy atom. The van der Waals surface area contributed by atoms with E-state index in [9.17, 15) is 0 Å². The van der Waals surface area contributed by atoms with Gasteiger partial charge in [0.15, 0.2) is 0 Å². The Morgan fingerprint density at radius 1 is 0.773 bits per heavy atom. The lowest BCUT2D eigenvalue weighted by Gasteiger charge is -2.09. The SMILES string of the molecule is Cc1ccccc1-c1nc(C)c2c(C)nc3ccccc3n12. The number of benzene rings is 2. The molecule has 0 spiro atoms. The highest BCUT2D eigenvalue weighted by Crippen LogP contribution is 2.29. The third-order valence-electron chi connectivity index (χ3n) is 4.19. The van der Waals surface area contributed by atoms with Crippen molar-refractivity contribution in [1.29, 1.82) is 0 Å². The van der Waals surface area contributed by atoms with E-state index in [0.717, 1.165) is 33.8 Å². The second-order valence-electron chi connectivity index (χ2n) is 5.71. The monoisotopic (exact) mass is 287 g/mol. The maximum atomic E-state index is 4.85.